The van der Waals surface area contributed by atoms with Gasteiger partial charge in [0.05, 0.1) is 12.1 Å². The van der Waals surface area contributed by atoms with E-state index in [0.29, 0.717) is 32.1 Å². The second-order valence-electron chi connectivity index (χ2n) is 9.75. The summed E-state index contributed by atoms with van der Waals surface area (Å²) in [5.41, 5.74) is 0.105. The second-order valence-corrected chi connectivity index (χ2v) is 9.75. The molecule has 4 aliphatic heterocycles. The molecule has 0 radical (unpaired) electrons. The first-order valence-electron chi connectivity index (χ1n) is 11.4. The summed E-state index contributed by atoms with van der Waals surface area (Å²) in [4.78, 5) is 30.8. The number of carbonyl (C=O) groups is 2. The fraction of sp³-hybridized carbons (Fsp3) is 0.905. The van der Waals surface area contributed by atoms with Crippen molar-refractivity contribution in [3.8, 4) is 0 Å². The lowest BCUT2D eigenvalue weighted by atomic mass is 9.85. The van der Waals surface area contributed by atoms with E-state index in [1.54, 1.807) is 0 Å². The van der Waals surface area contributed by atoms with Gasteiger partial charge in [0.2, 0.25) is 5.91 Å². The van der Waals surface area contributed by atoms with Crippen LogP contribution in [0.25, 0.3) is 0 Å². The van der Waals surface area contributed by atoms with E-state index in [9.17, 15) is 18.4 Å². The van der Waals surface area contributed by atoms with Gasteiger partial charge in [-0.05, 0) is 38.0 Å². The summed E-state index contributed by atoms with van der Waals surface area (Å²) in [6.07, 6.45) is 4.79. The first-order chi connectivity index (χ1) is 14.4. The van der Waals surface area contributed by atoms with E-state index in [4.69, 9.17) is 4.74 Å². The molecule has 0 aromatic carbocycles. The van der Waals surface area contributed by atoms with Crippen molar-refractivity contribution in [1.29, 1.82) is 0 Å². The van der Waals surface area contributed by atoms with Gasteiger partial charge in [-0.3, -0.25) is 9.69 Å². The maximum Gasteiger partial charge on any atom is 0.320 e. The van der Waals surface area contributed by atoms with Crippen molar-refractivity contribution < 1.29 is 23.1 Å². The maximum absolute atomic E-state index is 13.6. The van der Waals surface area contributed by atoms with Crippen LogP contribution in [-0.2, 0) is 9.53 Å². The molecule has 0 bridgehead atoms. The Morgan fingerprint density at radius 3 is 2.30 bits per heavy atom. The number of amides is 3. The molecule has 1 aliphatic carbocycles. The number of fused-ring (bicyclic) bond motifs is 1. The number of piperidine rings is 3. The van der Waals surface area contributed by atoms with Gasteiger partial charge in [-0.15, -0.1) is 0 Å². The highest BCUT2D eigenvalue weighted by molar-refractivity contribution is 5.79. The molecular weight excluding hydrogens is 394 g/mol. The van der Waals surface area contributed by atoms with Crippen LogP contribution in [0.5, 0.6) is 0 Å². The van der Waals surface area contributed by atoms with Crippen molar-refractivity contribution in [2.24, 2.45) is 5.92 Å². The molecule has 0 aromatic heterocycles. The van der Waals surface area contributed by atoms with Crippen molar-refractivity contribution >= 4 is 11.9 Å². The van der Waals surface area contributed by atoms with E-state index >= 15 is 0 Å². The number of rotatable bonds is 2. The van der Waals surface area contributed by atoms with Crippen LogP contribution in [0.3, 0.4) is 0 Å². The zero-order valence-corrected chi connectivity index (χ0v) is 17.5. The Balaban J connectivity index is 1.14. The Morgan fingerprint density at radius 2 is 1.63 bits per heavy atom. The predicted molar refractivity (Wildman–Crippen MR) is 105 cm³/mol. The standard InChI is InChI=1S/C21H32F2N4O3/c22-21(23)6-11-27(12-7-21)20(4-5-20)15-1-8-25(9-2-15)19(29)26-10-3-17-16(13-26)24-18(28)14-30-17/h15-17H,1-14H2,(H,24,28). The van der Waals surface area contributed by atoms with E-state index in [1.165, 1.54) is 0 Å². The normalized spacial score (nSPS) is 34.3. The van der Waals surface area contributed by atoms with Gasteiger partial charge in [0.25, 0.3) is 5.92 Å². The minimum absolute atomic E-state index is 0.00383. The lowest BCUT2D eigenvalue weighted by Crippen LogP contribution is -2.62. The molecule has 30 heavy (non-hydrogen) atoms. The molecule has 2 unspecified atom stereocenters. The van der Waals surface area contributed by atoms with Crippen molar-refractivity contribution in [3.63, 3.8) is 0 Å². The number of carbonyl (C=O) groups excluding carboxylic acids is 2. The van der Waals surface area contributed by atoms with Gasteiger partial charge < -0.3 is 19.9 Å². The summed E-state index contributed by atoms with van der Waals surface area (Å²) < 4.78 is 32.7. The number of urea groups is 1. The maximum atomic E-state index is 13.6. The molecule has 168 valence electrons. The number of hydrogen-bond donors (Lipinski definition) is 1. The van der Waals surface area contributed by atoms with E-state index in [1.807, 2.05) is 9.80 Å². The zero-order valence-electron chi connectivity index (χ0n) is 17.5. The molecule has 4 saturated heterocycles. The number of halogens is 2. The average Bonchev–Trinajstić information content (AvgIpc) is 3.54. The van der Waals surface area contributed by atoms with Crippen LogP contribution < -0.4 is 5.32 Å². The molecule has 7 nitrogen and oxygen atoms in total. The summed E-state index contributed by atoms with van der Waals surface area (Å²) >= 11 is 0. The summed E-state index contributed by atoms with van der Waals surface area (Å²) in [7, 11) is 0. The third-order valence-electron chi connectivity index (χ3n) is 8.01. The number of alkyl halides is 2. The molecule has 4 heterocycles. The number of hydrogen-bond acceptors (Lipinski definition) is 4. The van der Waals surface area contributed by atoms with E-state index < -0.39 is 5.92 Å². The summed E-state index contributed by atoms with van der Waals surface area (Å²) in [5, 5.41) is 2.95. The quantitative estimate of drug-likeness (QED) is 0.730. The first kappa shape index (κ1) is 20.4. The SMILES string of the molecule is O=C1COC2CCN(C(=O)N3CCC(C4(N5CCC(F)(F)CC5)CC4)CC3)CC2N1. The highest BCUT2D eigenvalue weighted by Gasteiger charge is 2.55. The third kappa shape index (κ3) is 3.79. The molecule has 5 rings (SSSR count). The number of ether oxygens (including phenoxy) is 1. The molecule has 1 N–H and O–H groups in total. The van der Waals surface area contributed by atoms with Crippen LogP contribution in [0.4, 0.5) is 13.6 Å². The van der Waals surface area contributed by atoms with Crippen molar-refractivity contribution in [3.05, 3.63) is 0 Å². The number of nitrogens with one attached hydrogen (secondary N) is 1. The Bertz CT molecular complexity index is 684. The number of morpholine rings is 1. The van der Waals surface area contributed by atoms with Crippen LogP contribution in [0.2, 0.25) is 0 Å². The smallest absolute Gasteiger partial charge is 0.320 e. The summed E-state index contributed by atoms with van der Waals surface area (Å²) in [5.74, 6) is -2.12. The predicted octanol–water partition coefficient (Wildman–Crippen LogP) is 1.67. The highest BCUT2D eigenvalue weighted by atomic mass is 19.3. The fourth-order valence-electron chi connectivity index (χ4n) is 6.07. The van der Waals surface area contributed by atoms with Crippen molar-refractivity contribution in [2.75, 3.05) is 45.9 Å². The molecular formula is C21H32F2N4O3. The van der Waals surface area contributed by atoms with Gasteiger partial charge in [0, 0.05) is 57.6 Å². The minimum atomic E-state index is -2.50. The van der Waals surface area contributed by atoms with Crippen LogP contribution in [0, 0.1) is 5.92 Å². The summed E-state index contributed by atoms with van der Waals surface area (Å²) in [6.45, 7) is 3.71. The Hall–Kier alpha value is -1.48. The molecule has 9 heteroatoms. The van der Waals surface area contributed by atoms with E-state index in [2.05, 4.69) is 10.2 Å². The molecule has 2 atom stereocenters. The molecule has 5 fully saturated rings. The Kier molecular flexibility index (Phi) is 5.16. The molecule has 3 amide bonds. The van der Waals surface area contributed by atoms with Gasteiger partial charge >= 0.3 is 6.03 Å². The van der Waals surface area contributed by atoms with Gasteiger partial charge in [-0.2, -0.15) is 0 Å². The van der Waals surface area contributed by atoms with Crippen molar-refractivity contribution in [2.45, 2.75) is 68.6 Å². The summed E-state index contributed by atoms with van der Waals surface area (Å²) in [6, 6.07) is -0.0670. The molecule has 0 spiro atoms. The van der Waals surface area contributed by atoms with Crippen LogP contribution >= 0.6 is 0 Å². The van der Waals surface area contributed by atoms with Crippen LogP contribution in [-0.4, -0.2) is 96.1 Å². The van der Waals surface area contributed by atoms with E-state index in [-0.39, 0.29) is 49.1 Å². The largest absolute Gasteiger partial charge is 0.366 e. The molecule has 0 aromatic rings. The topological polar surface area (TPSA) is 65.1 Å². The van der Waals surface area contributed by atoms with Gasteiger partial charge in [0.1, 0.15) is 6.61 Å². The van der Waals surface area contributed by atoms with Crippen molar-refractivity contribution in [1.82, 2.24) is 20.0 Å². The third-order valence-corrected chi connectivity index (χ3v) is 8.01. The monoisotopic (exact) mass is 426 g/mol. The fourth-order valence-corrected chi connectivity index (χ4v) is 6.07. The Morgan fingerprint density at radius 1 is 0.967 bits per heavy atom. The number of likely N-dealkylation sites (tertiary alicyclic amines) is 3. The van der Waals surface area contributed by atoms with Gasteiger partial charge in [0.15, 0.2) is 0 Å². The zero-order chi connectivity index (χ0) is 20.9. The lowest BCUT2D eigenvalue weighted by molar-refractivity contribution is -0.139. The highest BCUT2D eigenvalue weighted by Crippen LogP contribution is 2.53. The molecule has 1 saturated carbocycles. The minimum Gasteiger partial charge on any atom is -0.366 e. The average molecular weight is 427 g/mol. The second kappa shape index (κ2) is 7.58. The van der Waals surface area contributed by atoms with Gasteiger partial charge in [-0.1, -0.05) is 0 Å². The number of nitrogens with zero attached hydrogens (tertiary/aromatic N) is 3. The lowest BCUT2D eigenvalue weighted by Gasteiger charge is -2.46. The van der Waals surface area contributed by atoms with Crippen LogP contribution in [0.1, 0.15) is 44.9 Å². The van der Waals surface area contributed by atoms with Crippen LogP contribution in [0.15, 0.2) is 0 Å². The molecule has 5 aliphatic rings. The first-order valence-corrected chi connectivity index (χ1v) is 11.4. The van der Waals surface area contributed by atoms with E-state index in [0.717, 1.165) is 45.2 Å². The Labute approximate surface area is 176 Å². The van der Waals surface area contributed by atoms with Gasteiger partial charge in [-0.25, -0.2) is 13.6 Å².